The van der Waals surface area contributed by atoms with Gasteiger partial charge in [-0.25, -0.2) is 0 Å². The number of rotatable bonds is 4. The maximum absolute atomic E-state index is 13.2. The van der Waals surface area contributed by atoms with Gasteiger partial charge in [-0.2, -0.15) is 0 Å². The topological polar surface area (TPSA) is 63.7 Å². The fourth-order valence-corrected chi connectivity index (χ4v) is 4.63. The number of ketones is 1. The largest absolute Gasteiger partial charge is 0.460 e. The Hall–Kier alpha value is -2.95. The monoisotopic (exact) mass is 405 g/mol. The number of esters is 1. The molecule has 0 aromatic heterocycles. The fourth-order valence-electron chi connectivity index (χ4n) is 4.63. The Bertz CT molecular complexity index is 990. The van der Waals surface area contributed by atoms with Gasteiger partial charge in [0, 0.05) is 19.0 Å². The molecule has 1 amide bonds. The summed E-state index contributed by atoms with van der Waals surface area (Å²) in [6.45, 7) is 8.01. The molecular formula is C25H27NO4. The first-order valence-electron chi connectivity index (χ1n) is 10.3. The van der Waals surface area contributed by atoms with E-state index in [9.17, 15) is 14.4 Å². The summed E-state index contributed by atoms with van der Waals surface area (Å²) in [6.07, 6.45) is 0. The van der Waals surface area contributed by atoms with Gasteiger partial charge in [-0.15, -0.1) is 0 Å². The minimum atomic E-state index is -1.04. The molecule has 1 aliphatic carbocycles. The Morgan fingerprint density at radius 1 is 1.07 bits per heavy atom. The molecule has 2 aromatic carbocycles. The van der Waals surface area contributed by atoms with Crippen LogP contribution in [0.3, 0.4) is 0 Å². The van der Waals surface area contributed by atoms with Crippen LogP contribution < -0.4 is 0 Å². The lowest BCUT2D eigenvalue weighted by Gasteiger charge is -2.20. The molecule has 30 heavy (non-hydrogen) atoms. The molecule has 2 aromatic rings. The number of carbonyl (C=O) groups is 3. The van der Waals surface area contributed by atoms with E-state index in [1.54, 1.807) is 4.90 Å². The molecule has 1 aliphatic heterocycles. The van der Waals surface area contributed by atoms with E-state index in [-0.39, 0.29) is 12.5 Å². The summed E-state index contributed by atoms with van der Waals surface area (Å²) < 4.78 is 5.64. The number of ether oxygens (including phenoxy) is 1. The van der Waals surface area contributed by atoms with Crippen LogP contribution in [-0.4, -0.2) is 34.7 Å². The van der Waals surface area contributed by atoms with Gasteiger partial charge < -0.3 is 9.64 Å². The normalized spacial score (nSPS) is 25.7. The van der Waals surface area contributed by atoms with Gasteiger partial charge in [0.1, 0.15) is 5.60 Å². The SMILES string of the molecule is Cc1ccc([C@@H]2[C@@H](C(=O)OC(C)(C)C)[C@@]23CN(Cc2ccccc2)C(=O)C3=O)cc1. The van der Waals surface area contributed by atoms with E-state index in [0.717, 1.165) is 16.7 Å². The van der Waals surface area contributed by atoms with Crippen molar-refractivity contribution in [2.24, 2.45) is 11.3 Å². The predicted octanol–water partition coefficient (Wildman–Crippen LogP) is 3.65. The quantitative estimate of drug-likeness (QED) is 0.575. The van der Waals surface area contributed by atoms with E-state index in [1.165, 1.54) is 0 Å². The summed E-state index contributed by atoms with van der Waals surface area (Å²) in [4.78, 5) is 40.7. The third kappa shape index (κ3) is 3.42. The van der Waals surface area contributed by atoms with E-state index in [4.69, 9.17) is 4.74 Å². The van der Waals surface area contributed by atoms with Crippen LogP contribution in [0.1, 0.15) is 43.4 Å². The number of Topliss-reactive ketones (excluding diaryl/α,β-unsaturated/α-hetero) is 1. The smallest absolute Gasteiger partial charge is 0.311 e. The second kappa shape index (κ2) is 7.08. The highest BCUT2D eigenvalue weighted by Gasteiger charge is 2.78. The molecule has 5 nitrogen and oxygen atoms in total. The van der Waals surface area contributed by atoms with E-state index in [2.05, 4.69) is 0 Å². The van der Waals surface area contributed by atoms with Crippen molar-refractivity contribution >= 4 is 17.7 Å². The second-order valence-electron chi connectivity index (χ2n) is 9.42. The summed E-state index contributed by atoms with van der Waals surface area (Å²) >= 11 is 0. The molecule has 4 rings (SSSR count). The predicted molar refractivity (Wildman–Crippen MR) is 113 cm³/mol. The average molecular weight is 405 g/mol. The van der Waals surface area contributed by atoms with E-state index in [0.29, 0.717) is 6.54 Å². The van der Waals surface area contributed by atoms with E-state index in [1.807, 2.05) is 82.3 Å². The van der Waals surface area contributed by atoms with Crippen LogP contribution in [0.5, 0.6) is 0 Å². The average Bonchev–Trinajstić information content (AvgIpc) is 3.29. The van der Waals surface area contributed by atoms with Crippen molar-refractivity contribution in [1.82, 2.24) is 4.90 Å². The van der Waals surface area contributed by atoms with Crippen molar-refractivity contribution in [2.45, 2.75) is 45.8 Å². The number of carbonyl (C=O) groups excluding carboxylic acids is 3. The van der Waals surface area contributed by atoms with Crippen molar-refractivity contribution in [3.63, 3.8) is 0 Å². The third-order valence-corrected chi connectivity index (χ3v) is 6.00. The molecule has 3 atom stereocenters. The number of amides is 1. The molecule has 2 fully saturated rings. The molecule has 1 saturated heterocycles. The summed E-state index contributed by atoms with van der Waals surface area (Å²) in [5.74, 6) is -2.38. The van der Waals surface area contributed by atoms with Gasteiger partial charge in [-0.3, -0.25) is 14.4 Å². The second-order valence-corrected chi connectivity index (χ2v) is 9.42. The lowest BCUT2D eigenvalue weighted by Crippen LogP contribution is -2.28. The van der Waals surface area contributed by atoms with Crippen molar-refractivity contribution in [2.75, 3.05) is 6.54 Å². The Balaban J connectivity index is 1.67. The number of benzene rings is 2. The molecule has 1 spiro atoms. The molecule has 0 radical (unpaired) electrons. The van der Waals surface area contributed by atoms with Crippen molar-refractivity contribution in [1.29, 1.82) is 0 Å². The Labute approximate surface area is 177 Å². The van der Waals surface area contributed by atoms with Gasteiger partial charge in [0.2, 0.25) is 5.78 Å². The molecule has 5 heteroatoms. The molecule has 0 bridgehead atoms. The number of aryl methyl sites for hydroxylation is 1. The van der Waals surface area contributed by atoms with Gasteiger partial charge >= 0.3 is 5.97 Å². The Morgan fingerprint density at radius 2 is 1.70 bits per heavy atom. The van der Waals surface area contributed by atoms with E-state index < -0.39 is 34.6 Å². The zero-order chi connectivity index (χ0) is 21.7. The van der Waals surface area contributed by atoms with Crippen molar-refractivity contribution in [3.05, 3.63) is 71.3 Å². The Morgan fingerprint density at radius 3 is 2.30 bits per heavy atom. The summed E-state index contributed by atoms with van der Waals surface area (Å²) in [5.41, 5.74) is 1.26. The molecule has 1 heterocycles. The van der Waals surface area contributed by atoms with Crippen LogP contribution in [0.4, 0.5) is 0 Å². The maximum atomic E-state index is 13.2. The number of hydrogen-bond acceptors (Lipinski definition) is 4. The number of hydrogen-bond donors (Lipinski definition) is 0. The molecule has 0 unspecified atom stereocenters. The van der Waals surface area contributed by atoms with Crippen LogP contribution in [0.15, 0.2) is 54.6 Å². The van der Waals surface area contributed by atoms with Crippen LogP contribution in [0.25, 0.3) is 0 Å². The van der Waals surface area contributed by atoms with Gasteiger partial charge in [-0.1, -0.05) is 60.2 Å². The standard InChI is InChI=1S/C25H27NO4/c1-16-10-12-18(13-11-16)19-20(23(29)30-24(2,3)4)25(19)15-26(22(28)21(25)27)14-17-8-6-5-7-9-17/h5-13,19-20H,14-15H2,1-4H3/t19-,20+,25-/m1/s1. The minimum Gasteiger partial charge on any atom is -0.460 e. The lowest BCUT2D eigenvalue weighted by atomic mass is 9.96. The summed E-state index contributed by atoms with van der Waals surface area (Å²) in [6, 6.07) is 17.4. The molecule has 156 valence electrons. The number of nitrogens with zero attached hydrogens (tertiary/aromatic N) is 1. The minimum absolute atomic E-state index is 0.238. The molecular weight excluding hydrogens is 378 g/mol. The Kier molecular flexibility index (Phi) is 4.80. The first kappa shape index (κ1) is 20.3. The zero-order valence-electron chi connectivity index (χ0n) is 17.8. The molecule has 2 aliphatic rings. The van der Waals surface area contributed by atoms with Crippen molar-refractivity contribution < 1.29 is 19.1 Å². The van der Waals surface area contributed by atoms with Gasteiger partial charge in [0.15, 0.2) is 0 Å². The van der Waals surface area contributed by atoms with Crippen LogP contribution in [0.2, 0.25) is 0 Å². The summed E-state index contributed by atoms with van der Waals surface area (Å²) in [7, 11) is 0. The number of likely N-dealkylation sites (tertiary alicyclic amines) is 1. The first-order chi connectivity index (χ1) is 14.1. The maximum Gasteiger partial charge on any atom is 0.311 e. The summed E-state index contributed by atoms with van der Waals surface area (Å²) in [5, 5.41) is 0. The lowest BCUT2D eigenvalue weighted by molar-refractivity contribution is -0.158. The highest BCUT2D eigenvalue weighted by Crippen LogP contribution is 2.68. The van der Waals surface area contributed by atoms with Gasteiger partial charge in [0.05, 0.1) is 11.3 Å². The van der Waals surface area contributed by atoms with Crippen molar-refractivity contribution in [3.8, 4) is 0 Å². The van der Waals surface area contributed by atoms with Crippen LogP contribution >= 0.6 is 0 Å². The zero-order valence-corrected chi connectivity index (χ0v) is 17.8. The fraction of sp³-hybridized carbons (Fsp3) is 0.400. The molecule has 1 saturated carbocycles. The van der Waals surface area contributed by atoms with E-state index >= 15 is 0 Å². The van der Waals surface area contributed by atoms with Gasteiger partial charge in [0.25, 0.3) is 5.91 Å². The highest BCUT2D eigenvalue weighted by atomic mass is 16.6. The molecule has 0 N–H and O–H groups in total. The first-order valence-corrected chi connectivity index (χ1v) is 10.3. The van der Waals surface area contributed by atoms with Gasteiger partial charge in [-0.05, 0) is 38.8 Å². The third-order valence-electron chi connectivity index (χ3n) is 6.00. The van der Waals surface area contributed by atoms with Crippen LogP contribution in [0, 0.1) is 18.3 Å². The van der Waals surface area contributed by atoms with Crippen LogP contribution in [-0.2, 0) is 25.7 Å². The highest BCUT2D eigenvalue weighted by molar-refractivity contribution is 6.42.